The predicted molar refractivity (Wildman–Crippen MR) is 142 cm³/mol. The number of halogens is 2. The van der Waals surface area contributed by atoms with Gasteiger partial charge in [-0.2, -0.15) is 0 Å². The number of carbonyl (C=O) groups is 3. The SMILES string of the molecule is CCNC(=O)c1ccc(Cc2nc(N3C[C@@H]4C(NC(=O)c5[nH]c(C)c(Cl)c5Cl)[C@@H]4C3)sc2C(=O)O)cc1. The summed E-state index contributed by atoms with van der Waals surface area (Å²) in [6.07, 6.45) is 0.353. The maximum atomic E-state index is 12.7. The first-order valence-electron chi connectivity index (χ1n) is 11.9. The Morgan fingerprint density at radius 3 is 2.38 bits per heavy atom. The molecule has 1 saturated heterocycles. The first-order valence-corrected chi connectivity index (χ1v) is 13.4. The molecule has 5 rings (SSSR count). The molecule has 0 radical (unpaired) electrons. The van der Waals surface area contributed by atoms with E-state index < -0.39 is 5.97 Å². The third kappa shape index (κ3) is 4.93. The number of aromatic carboxylic acids is 1. The number of hydrogen-bond donors (Lipinski definition) is 4. The van der Waals surface area contributed by atoms with Crippen LogP contribution in [-0.2, 0) is 6.42 Å². The molecule has 4 N–H and O–H groups in total. The van der Waals surface area contributed by atoms with Crippen molar-refractivity contribution in [1.29, 1.82) is 0 Å². The maximum absolute atomic E-state index is 12.7. The van der Waals surface area contributed by atoms with Crippen LogP contribution < -0.4 is 15.5 Å². The smallest absolute Gasteiger partial charge is 0.347 e. The van der Waals surface area contributed by atoms with E-state index in [1.807, 2.05) is 19.1 Å². The van der Waals surface area contributed by atoms with Crippen LogP contribution in [0, 0.1) is 18.8 Å². The van der Waals surface area contributed by atoms with Crippen LogP contribution in [-0.4, -0.2) is 58.5 Å². The molecule has 2 aromatic heterocycles. The van der Waals surface area contributed by atoms with Gasteiger partial charge in [0.05, 0.1) is 15.7 Å². The van der Waals surface area contributed by atoms with Crippen LogP contribution in [0.25, 0.3) is 0 Å². The minimum absolute atomic E-state index is 0.0315. The number of H-pyrrole nitrogens is 1. The predicted octanol–water partition coefficient (Wildman–Crippen LogP) is 3.99. The molecule has 3 atom stereocenters. The van der Waals surface area contributed by atoms with Gasteiger partial charge in [-0.05, 0) is 31.5 Å². The van der Waals surface area contributed by atoms with Gasteiger partial charge in [-0.3, -0.25) is 9.59 Å². The quantitative estimate of drug-likeness (QED) is 0.329. The highest BCUT2D eigenvalue weighted by Gasteiger charge is 2.57. The number of benzene rings is 1. The van der Waals surface area contributed by atoms with Gasteiger partial charge >= 0.3 is 5.97 Å². The van der Waals surface area contributed by atoms with Gasteiger partial charge < -0.3 is 25.6 Å². The van der Waals surface area contributed by atoms with Crippen molar-refractivity contribution in [1.82, 2.24) is 20.6 Å². The molecule has 1 aliphatic heterocycles. The van der Waals surface area contributed by atoms with Crippen molar-refractivity contribution in [2.75, 3.05) is 24.5 Å². The van der Waals surface area contributed by atoms with Gasteiger partial charge in [0.1, 0.15) is 10.6 Å². The first kappa shape index (κ1) is 25.6. The Balaban J connectivity index is 1.23. The molecule has 1 saturated carbocycles. The largest absolute Gasteiger partial charge is 0.477 e. The molecule has 12 heteroatoms. The number of carbonyl (C=O) groups excluding carboxylic acids is 2. The summed E-state index contributed by atoms with van der Waals surface area (Å²) < 4.78 is 0. The molecule has 9 nitrogen and oxygen atoms in total. The van der Waals surface area contributed by atoms with E-state index in [1.54, 1.807) is 19.1 Å². The van der Waals surface area contributed by atoms with Crippen LogP contribution >= 0.6 is 34.5 Å². The van der Waals surface area contributed by atoms with Crippen LogP contribution in [0.3, 0.4) is 0 Å². The van der Waals surface area contributed by atoms with Crippen molar-refractivity contribution >= 4 is 57.5 Å². The third-order valence-corrected chi connectivity index (χ3v) is 8.94. The number of nitrogens with one attached hydrogen (secondary N) is 3. The second-order valence-electron chi connectivity index (χ2n) is 9.30. The minimum Gasteiger partial charge on any atom is -0.477 e. The van der Waals surface area contributed by atoms with E-state index in [-0.39, 0.29) is 45.3 Å². The van der Waals surface area contributed by atoms with E-state index >= 15 is 0 Å². The second-order valence-corrected chi connectivity index (χ2v) is 11.0. The minimum atomic E-state index is -1.01. The highest BCUT2D eigenvalue weighted by molar-refractivity contribution is 7.17. The summed E-state index contributed by atoms with van der Waals surface area (Å²) in [6, 6.07) is 7.12. The van der Waals surface area contributed by atoms with Crippen LogP contribution in [0.2, 0.25) is 10.0 Å². The van der Waals surface area contributed by atoms with E-state index in [2.05, 4.69) is 25.5 Å². The van der Waals surface area contributed by atoms with Gasteiger partial charge in [-0.15, -0.1) is 0 Å². The molecule has 194 valence electrons. The summed E-state index contributed by atoms with van der Waals surface area (Å²) in [4.78, 5) is 46.4. The molecule has 3 aromatic rings. The zero-order chi connectivity index (χ0) is 26.4. The molecule has 1 aromatic carbocycles. The molecular formula is C25H25Cl2N5O4S. The lowest BCUT2D eigenvalue weighted by molar-refractivity contribution is 0.0700. The Morgan fingerprint density at radius 2 is 1.81 bits per heavy atom. The number of piperidine rings is 1. The fourth-order valence-electron chi connectivity index (χ4n) is 4.84. The maximum Gasteiger partial charge on any atom is 0.347 e. The fourth-order valence-corrected chi connectivity index (χ4v) is 6.20. The molecule has 1 unspecified atom stereocenters. The van der Waals surface area contributed by atoms with E-state index in [1.165, 1.54) is 11.3 Å². The molecular weight excluding hydrogens is 537 g/mol. The number of carboxylic acids is 1. The van der Waals surface area contributed by atoms with Crippen LogP contribution in [0.1, 0.15) is 54.4 Å². The Labute approximate surface area is 227 Å². The lowest BCUT2D eigenvalue weighted by Crippen LogP contribution is -2.34. The third-order valence-electron chi connectivity index (χ3n) is 6.85. The van der Waals surface area contributed by atoms with Crippen molar-refractivity contribution in [3.8, 4) is 0 Å². The molecule has 2 fully saturated rings. The number of aromatic nitrogens is 2. The lowest BCUT2D eigenvalue weighted by Gasteiger charge is -2.19. The molecule has 0 bridgehead atoms. The van der Waals surface area contributed by atoms with Gasteiger partial charge in [0.25, 0.3) is 11.8 Å². The molecule has 2 aliphatic rings. The average Bonchev–Trinajstić information content (AvgIpc) is 3.22. The summed E-state index contributed by atoms with van der Waals surface area (Å²) in [5, 5.41) is 16.8. The average molecular weight is 562 g/mol. The summed E-state index contributed by atoms with van der Waals surface area (Å²) in [6.45, 7) is 5.52. The zero-order valence-corrected chi connectivity index (χ0v) is 22.4. The summed E-state index contributed by atoms with van der Waals surface area (Å²) >= 11 is 13.4. The van der Waals surface area contributed by atoms with Crippen molar-refractivity contribution in [3.63, 3.8) is 0 Å². The van der Waals surface area contributed by atoms with E-state index in [9.17, 15) is 19.5 Å². The lowest BCUT2D eigenvalue weighted by atomic mass is 10.1. The van der Waals surface area contributed by atoms with Crippen LogP contribution in [0.5, 0.6) is 0 Å². The number of fused-ring (bicyclic) bond motifs is 1. The van der Waals surface area contributed by atoms with E-state index in [0.717, 1.165) is 5.56 Å². The summed E-state index contributed by atoms with van der Waals surface area (Å²) in [7, 11) is 0. The van der Waals surface area contributed by atoms with Crippen LogP contribution in [0.15, 0.2) is 24.3 Å². The van der Waals surface area contributed by atoms with Gasteiger partial charge in [-0.1, -0.05) is 46.7 Å². The van der Waals surface area contributed by atoms with Crippen molar-refractivity contribution < 1.29 is 19.5 Å². The number of carboxylic acid groups (broad SMARTS) is 1. The van der Waals surface area contributed by atoms with Gasteiger partial charge in [0.2, 0.25) is 0 Å². The number of nitrogens with zero attached hydrogens (tertiary/aromatic N) is 2. The number of aryl methyl sites for hydroxylation is 1. The standard InChI is InChI=1S/C25H25Cl2N5O4S/c1-3-28-22(33)13-6-4-12(5-7-13)8-16-21(24(35)36)37-25(30-16)32-9-14-15(10-32)19(14)31-23(34)20-18(27)17(26)11(2)29-20/h4-7,14-15,19,29H,3,8-10H2,1-2H3,(H,28,33)(H,31,34)(H,35,36)/t14-,15+,19?. The molecule has 2 amide bonds. The highest BCUT2D eigenvalue weighted by Crippen LogP contribution is 2.48. The normalized spacial score (nSPS) is 20.0. The van der Waals surface area contributed by atoms with Gasteiger partial charge in [0.15, 0.2) is 5.13 Å². The Morgan fingerprint density at radius 1 is 1.14 bits per heavy atom. The number of rotatable bonds is 8. The number of thiazole rings is 1. The fraction of sp³-hybridized carbons (Fsp3) is 0.360. The first-order chi connectivity index (χ1) is 17.7. The number of aromatic amines is 1. The molecule has 0 spiro atoms. The van der Waals surface area contributed by atoms with Crippen molar-refractivity contribution in [2.24, 2.45) is 11.8 Å². The second kappa shape index (κ2) is 10.00. The summed E-state index contributed by atoms with van der Waals surface area (Å²) in [5.74, 6) is -0.917. The molecule has 1 aliphatic carbocycles. The van der Waals surface area contributed by atoms with E-state index in [4.69, 9.17) is 23.2 Å². The summed E-state index contributed by atoms with van der Waals surface area (Å²) in [5.41, 5.74) is 2.83. The number of hydrogen-bond acceptors (Lipinski definition) is 6. The number of anilines is 1. The van der Waals surface area contributed by atoms with Crippen molar-refractivity contribution in [2.45, 2.75) is 26.3 Å². The monoisotopic (exact) mass is 561 g/mol. The Bertz CT molecular complexity index is 1370. The van der Waals surface area contributed by atoms with Gasteiger partial charge in [0, 0.05) is 55.2 Å². The van der Waals surface area contributed by atoms with Crippen LogP contribution in [0.4, 0.5) is 5.13 Å². The number of amides is 2. The van der Waals surface area contributed by atoms with Crippen molar-refractivity contribution in [3.05, 3.63) is 67.4 Å². The molecule has 3 heterocycles. The molecule has 37 heavy (non-hydrogen) atoms. The Hall–Kier alpha value is -3.08. The zero-order valence-electron chi connectivity index (χ0n) is 20.1. The Kier molecular flexibility index (Phi) is 6.91. The van der Waals surface area contributed by atoms with Gasteiger partial charge in [-0.25, -0.2) is 9.78 Å². The highest BCUT2D eigenvalue weighted by atomic mass is 35.5. The van der Waals surface area contributed by atoms with E-state index in [0.29, 0.717) is 53.2 Å². The topological polar surface area (TPSA) is 127 Å².